The van der Waals surface area contributed by atoms with Gasteiger partial charge in [-0.2, -0.15) is 0 Å². The van der Waals surface area contributed by atoms with E-state index in [0.717, 1.165) is 11.8 Å². The largest absolute Gasteiger partial charge is 0.507 e. The molecule has 8 heteroatoms. The van der Waals surface area contributed by atoms with Gasteiger partial charge >= 0.3 is 0 Å². The van der Waals surface area contributed by atoms with Crippen molar-refractivity contribution < 1.29 is 34.7 Å². The number of rotatable bonds is 9. The van der Waals surface area contributed by atoms with Gasteiger partial charge in [0, 0.05) is 49.7 Å². The fourth-order valence-electron chi connectivity index (χ4n) is 4.14. The number of carbonyl (C=O) groups excluding carboxylic acids is 1. The summed E-state index contributed by atoms with van der Waals surface area (Å²) in [7, 11) is 3.82. The van der Waals surface area contributed by atoms with Gasteiger partial charge in [-0.15, -0.1) is 0 Å². The second kappa shape index (κ2) is 10.3. The van der Waals surface area contributed by atoms with Crippen LogP contribution in [0.1, 0.15) is 32.3 Å². The standard InChI is InChI=1S/C24H35NO7/c1-13(14(2)26)24-21(32-24)9-16-12-31-20(23(30)22(16)29)11-18(27)10-19(28)15-5-7-17(8-6-15)25(3)4/h5-8,10,13-14,16,20-24,26,28-30H,9,11-12H2,1-4H3/b19-10-/t13-,14-,16-,20-,21-,22+,23-,24-/m0/s1. The van der Waals surface area contributed by atoms with Gasteiger partial charge in [0.05, 0.1) is 37.1 Å². The van der Waals surface area contributed by atoms with E-state index in [-0.39, 0.29) is 42.8 Å². The van der Waals surface area contributed by atoms with Crippen LogP contribution >= 0.6 is 0 Å². The molecule has 0 aromatic heterocycles. The van der Waals surface area contributed by atoms with Crippen molar-refractivity contribution in [1.29, 1.82) is 0 Å². The molecule has 178 valence electrons. The monoisotopic (exact) mass is 449 g/mol. The average molecular weight is 450 g/mol. The molecule has 8 nitrogen and oxygen atoms in total. The van der Waals surface area contributed by atoms with E-state index >= 15 is 0 Å². The lowest BCUT2D eigenvalue weighted by molar-refractivity contribution is -0.169. The summed E-state index contributed by atoms with van der Waals surface area (Å²) in [6, 6.07) is 7.12. The van der Waals surface area contributed by atoms with Gasteiger partial charge in [0.15, 0.2) is 5.78 Å². The highest BCUT2D eigenvalue weighted by Crippen LogP contribution is 2.38. The first kappa shape index (κ1) is 24.7. The summed E-state index contributed by atoms with van der Waals surface area (Å²) in [6.45, 7) is 3.84. The molecule has 2 saturated heterocycles. The highest BCUT2D eigenvalue weighted by molar-refractivity contribution is 5.95. The van der Waals surface area contributed by atoms with Crippen molar-refractivity contribution in [1.82, 2.24) is 0 Å². The van der Waals surface area contributed by atoms with Crippen molar-refractivity contribution in [2.24, 2.45) is 11.8 Å². The van der Waals surface area contributed by atoms with Gasteiger partial charge in [0.25, 0.3) is 0 Å². The minimum atomic E-state index is -1.21. The molecule has 0 aliphatic carbocycles. The molecule has 2 fully saturated rings. The summed E-state index contributed by atoms with van der Waals surface area (Å²) < 4.78 is 11.3. The maximum atomic E-state index is 12.4. The number of hydrogen-bond acceptors (Lipinski definition) is 8. The van der Waals surface area contributed by atoms with Crippen LogP contribution < -0.4 is 4.90 Å². The second-order valence-electron chi connectivity index (χ2n) is 9.23. The van der Waals surface area contributed by atoms with Crippen LogP contribution in [-0.4, -0.2) is 83.5 Å². The molecule has 4 N–H and O–H groups in total. The number of allylic oxidation sites excluding steroid dienone is 1. The number of aliphatic hydroxyl groups excluding tert-OH is 4. The number of nitrogens with zero attached hydrogens (tertiary/aromatic N) is 1. The summed E-state index contributed by atoms with van der Waals surface area (Å²) in [5.74, 6) is -0.874. The molecule has 0 radical (unpaired) electrons. The lowest BCUT2D eigenvalue weighted by Crippen LogP contribution is -2.51. The van der Waals surface area contributed by atoms with Gasteiger partial charge in [0.1, 0.15) is 11.9 Å². The number of aliphatic hydroxyl groups is 4. The van der Waals surface area contributed by atoms with Crippen molar-refractivity contribution in [3.05, 3.63) is 35.9 Å². The topological polar surface area (TPSA) is 123 Å². The fraction of sp³-hybridized carbons (Fsp3) is 0.625. The molecule has 0 amide bonds. The molecule has 1 aromatic rings. The van der Waals surface area contributed by atoms with E-state index in [1.807, 2.05) is 38.1 Å². The fourth-order valence-corrected chi connectivity index (χ4v) is 4.14. The number of ether oxygens (including phenoxy) is 2. The summed E-state index contributed by atoms with van der Waals surface area (Å²) >= 11 is 0. The average Bonchev–Trinajstić information content (AvgIpc) is 3.51. The maximum absolute atomic E-state index is 12.4. The first-order chi connectivity index (χ1) is 15.1. The highest BCUT2D eigenvalue weighted by Gasteiger charge is 2.48. The molecule has 3 rings (SSSR count). The van der Waals surface area contributed by atoms with E-state index in [9.17, 15) is 25.2 Å². The van der Waals surface area contributed by atoms with Crippen molar-refractivity contribution in [3.63, 3.8) is 0 Å². The van der Waals surface area contributed by atoms with Crippen LogP contribution in [0.25, 0.3) is 5.76 Å². The molecule has 0 spiro atoms. The molecule has 0 unspecified atom stereocenters. The van der Waals surface area contributed by atoms with E-state index < -0.39 is 30.2 Å². The lowest BCUT2D eigenvalue weighted by Gasteiger charge is -2.37. The molecule has 0 saturated carbocycles. The third-order valence-corrected chi connectivity index (χ3v) is 6.55. The molecular formula is C24H35NO7. The van der Waals surface area contributed by atoms with Crippen LogP contribution in [0.4, 0.5) is 5.69 Å². The minimum Gasteiger partial charge on any atom is -0.507 e. The quantitative estimate of drug-likeness (QED) is 0.254. The molecule has 2 aliphatic heterocycles. The Kier molecular flexibility index (Phi) is 7.95. The zero-order chi connectivity index (χ0) is 23.6. The molecule has 8 atom stereocenters. The zero-order valence-corrected chi connectivity index (χ0v) is 19.1. The predicted octanol–water partition coefficient (Wildman–Crippen LogP) is 1.52. The number of benzene rings is 1. The Labute approximate surface area is 189 Å². The Morgan fingerprint density at radius 1 is 1.16 bits per heavy atom. The third-order valence-electron chi connectivity index (χ3n) is 6.55. The van der Waals surface area contributed by atoms with Gasteiger partial charge in [-0.3, -0.25) is 4.79 Å². The molecule has 2 aliphatic rings. The van der Waals surface area contributed by atoms with Crippen LogP contribution in [0.15, 0.2) is 30.3 Å². The molecule has 32 heavy (non-hydrogen) atoms. The number of ketones is 1. The Hall–Kier alpha value is -1.97. The zero-order valence-electron chi connectivity index (χ0n) is 19.1. The van der Waals surface area contributed by atoms with Crippen molar-refractivity contribution >= 4 is 17.2 Å². The maximum Gasteiger partial charge on any atom is 0.162 e. The first-order valence-electron chi connectivity index (χ1n) is 11.1. The Bertz CT molecular complexity index is 807. The SMILES string of the molecule is C[C@H]([C@@H]1O[C@H]1C[C@H]1CO[C@@H](CC(=O)/C=C(\O)c2ccc(N(C)C)cc2)[C@H](O)[C@@H]1O)[C@H](C)O. The van der Waals surface area contributed by atoms with Gasteiger partial charge in [-0.25, -0.2) is 0 Å². The summed E-state index contributed by atoms with van der Waals surface area (Å²) in [5, 5.41) is 41.0. The summed E-state index contributed by atoms with van der Waals surface area (Å²) in [6.07, 6.45) is -2.21. The summed E-state index contributed by atoms with van der Waals surface area (Å²) in [4.78, 5) is 14.3. The van der Waals surface area contributed by atoms with Gasteiger partial charge in [-0.1, -0.05) is 6.92 Å². The highest BCUT2D eigenvalue weighted by atomic mass is 16.6. The van der Waals surface area contributed by atoms with Crippen LogP contribution in [0.3, 0.4) is 0 Å². The number of hydrogen-bond donors (Lipinski definition) is 4. The number of epoxide rings is 1. The lowest BCUT2D eigenvalue weighted by atomic mass is 9.85. The van der Waals surface area contributed by atoms with Crippen molar-refractivity contribution in [2.75, 3.05) is 25.6 Å². The van der Waals surface area contributed by atoms with Crippen LogP contribution in [0.2, 0.25) is 0 Å². The minimum absolute atomic E-state index is 0.00417. The molecule has 0 bridgehead atoms. The number of anilines is 1. The third kappa shape index (κ3) is 5.88. The Morgan fingerprint density at radius 2 is 1.81 bits per heavy atom. The number of carbonyl (C=O) groups is 1. The van der Waals surface area contributed by atoms with Gasteiger partial charge < -0.3 is 34.8 Å². The van der Waals surface area contributed by atoms with Crippen LogP contribution in [0.5, 0.6) is 0 Å². The molecule has 1 aromatic carbocycles. The normalized spacial score (nSPS) is 32.3. The Balaban J connectivity index is 1.51. The van der Waals surface area contributed by atoms with Crippen molar-refractivity contribution in [2.45, 2.75) is 63.3 Å². The van der Waals surface area contributed by atoms with E-state index in [1.165, 1.54) is 0 Å². The van der Waals surface area contributed by atoms with Gasteiger partial charge in [0.2, 0.25) is 0 Å². The van der Waals surface area contributed by atoms with Crippen molar-refractivity contribution in [3.8, 4) is 0 Å². The van der Waals surface area contributed by atoms with E-state index in [4.69, 9.17) is 9.47 Å². The Morgan fingerprint density at radius 3 is 2.41 bits per heavy atom. The van der Waals surface area contributed by atoms with E-state index in [2.05, 4.69) is 0 Å². The predicted molar refractivity (Wildman–Crippen MR) is 120 cm³/mol. The first-order valence-corrected chi connectivity index (χ1v) is 11.1. The molecular weight excluding hydrogens is 414 g/mol. The van der Waals surface area contributed by atoms with Crippen LogP contribution in [-0.2, 0) is 14.3 Å². The van der Waals surface area contributed by atoms with Crippen LogP contribution in [0, 0.1) is 11.8 Å². The smallest absolute Gasteiger partial charge is 0.162 e. The van der Waals surface area contributed by atoms with E-state index in [0.29, 0.717) is 12.0 Å². The second-order valence-corrected chi connectivity index (χ2v) is 9.23. The molecule has 2 heterocycles. The van der Waals surface area contributed by atoms with Gasteiger partial charge in [-0.05, 0) is 37.6 Å². The summed E-state index contributed by atoms with van der Waals surface area (Å²) in [5.41, 5.74) is 1.48. The van der Waals surface area contributed by atoms with E-state index in [1.54, 1.807) is 19.1 Å².